The fourth-order valence-corrected chi connectivity index (χ4v) is 1.57. The van der Waals surface area contributed by atoms with E-state index in [9.17, 15) is 9.59 Å². The maximum atomic E-state index is 11.3. The molecule has 2 heterocycles. The molecule has 0 aromatic carbocycles. The average Bonchev–Trinajstić information content (AvgIpc) is 2.66. The van der Waals surface area contributed by atoms with Crippen LogP contribution in [0.1, 0.15) is 24.6 Å². The van der Waals surface area contributed by atoms with Gasteiger partial charge in [-0.25, -0.2) is 4.79 Å². The number of nitrogens with zero attached hydrogens (tertiary/aromatic N) is 1. The first-order chi connectivity index (χ1) is 6.68. The van der Waals surface area contributed by atoms with Crippen molar-refractivity contribution >= 4 is 0 Å². The Hall–Kier alpha value is -1.36. The van der Waals surface area contributed by atoms with E-state index in [4.69, 9.17) is 4.74 Å². The van der Waals surface area contributed by atoms with Gasteiger partial charge in [-0.2, -0.15) is 0 Å². The van der Waals surface area contributed by atoms with Crippen LogP contribution in [-0.2, 0) is 11.8 Å². The normalized spacial score (nSPS) is 21.4. The summed E-state index contributed by atoms with van der Waals surface area (Å²) in [5.74, 6) is 0. The second-order valence-corrected chi connectivity index (χ2v) is 3.43. The van der Waals surface area contributed by atoms with Gasteiger partial charge < -0.3 is 9.72 Å². The summed E-state index contributed by atoms with van der Waals surface area (Å²) in [6.07, 6.45) is 1.72. The molecular formula is C9H12N2O3. The summed E-state index contributed by atoms with van der Waals surface area (Å²) < 4.78 is 6.41. The van der Waals surface area contributed by atoms with E-state index in [1.165, 1.54) is 13.1 Å². The van der Waals surface area contributed by atoms with Crippen molar-refractivity contribution in [2.75, 3.05) is 6.61 Å². The van der Waals surface area contributed by atoms with Crippen LogP contribution >= 0.6 is 0 Å². The lowest BCUT2D eigenvalue weighted by Gasteiger charge is -2.08. The van der Waals surface area contributed by atoms with Crippen LogP contribution in [0.3, 0.4) is 0 Å². The molecule has 76 valence electrons. The van der Waals surface area contributed by atoms with Gasteiger partial charge in [0, 0.05) is 19.7 Å². The molecule has 0 radical (unpaired) electrons. The third-order valence-electron chi connectivity index (χ3n) is 2.44. The van der Waals surface area contributed by atoms with Crippen molar-refractivity contribution in [3.63, 3.8) is 0 Å². The Morgan fingerprint density at radius 1 is 1.57 bits per heavy atom. The largest absolute Gasteiger partial charge is 0.372 e. The number of aromatic amines is 1. The molecule has 5 heteroatoms. The molecule has 0 amide bonds. The first-order valence-corrected chi connectivity index (χ1v) is 4.60. The molecule has 1 aromatic heterocycles. The lowest BCUT2D eigenvalue weighted by Crippen LogP contribution is -2.33. The zero-order valence-corrected chi connectivity index (χ0v) is 7.95. The van der Waals surface area contributed by atoms with Crippen LogP contribution in [0, 0.1) is 0 Å². The molecule has 5 nitrogen and oxygen atoms in total. The van der Waals surface area contributed by atoms with Crippen molar-refractivity contribution in [3.05, 3.63) is 32.6 Å². The Kier molecular flexibility index (Phi) is 2.25. The van der Waals surface area contributed by atoms with Gasteiger partial charge in [-0.1, -0.05) is 0 Å². The van der Waals surface area contributed by atoms with E-state index < -0.39 is 0 Å². The zero-order chi connectivity index (χ0) is 10.1. The van der Waals surface area contributed by atoms with Gasteiger partial charge in [-0.05, 0) is 12.8 Å². The highest BCUT2D eigenvalue weighted by atomic mass is 16.5. The van der Waals surface area contributed by atoms with E-state index in [0.29, 0.717) is 12.3 Å². The molecule has 0 saturated carbocycles. The Labute approximate surface area is 80.3 Å². The Morgan fingerprint density at radius 3 is 2.93 bits per heavy atom. The summed E-state index contributed by atoms with van der Waals surface area (Å²) in [6.45, 7) is 0.696. The molecule has 1 aromatic rings. The third kappa shape index (κ3) is 1.50. The summed E-state index contributed by atoms with van der Waals surface area (Å²) in [5, 5.41) is 0. The molecular weight excluding hydrogens is 184 g/mol. The standard InChI is InChI=1S/C9H12N2O3/c1-11-8(12)5-6(10-9(11)13)7-3-2-4-14-7/h5,7H,2-4H2,1H3,(H,10,13). The second kappa shape index (κ2) is 3.42. The first kappa shape index (κ1) is 9.21. The molecule has 2 rings (SSSR count). The van der Waals surface area contributed by atoms with Gasteiger partial charge in [0.25, 0.3) is 5.56 Å². The number of hydrogen-bond acceptors (Lipinski definition) is 3. The van der Waals surface area contributed by atoms with Crippen LogP contribution in [0.2, 0.25) is 0 Å². The number of H-pyrrole nitrogens is 1. The fourth-order valence-electron chi connectivity index (χ4n) is 1.57. The maximum Gasteiger partial charge on any atom is 0.328 e. The summed E-state index contributed by atoms with van der Waals surface area (Å²) in [7, 11) is 1.44. The van der Waals surface area contributed by atoms with Gasteiger partial charge in [-0.3, -0.25) is 9.36 Å². The number of hydrogen-bond donors (Lipinski definition) is 1. The van der Waals surface area contributed by atoms with Crippen LogP contribution in [0.15, 0.2) is 15.7 Å². The molecule has 1 aliphatic heterocycles. The minimum atomic E-state index is -0.386. The summed E-state index contributed by atoms with van der Waals surface area (Å²) in [6, 6.07) is 1.43. The van der Waals surface area contributed by atoms with E-state index in [1.807, 2.05) is 0 Å². The first-order valence-electron chi connectivity index (χ1n) is 4.60. The lowest BCUT2D eigenvalue weighted by molar-refractivity contribution is 0.108. The van der Waals surface area contributed by atoms with E-state index in [0.717, 1.165) is 17.4 Å². The van der Waals surface area contributed by atoms with Gasteiger partial charge in [0.2, 0.25) is 0 Å². The van der Waals surface area contributed by atoms with Gasteiger partial charge in [-0.15, -0.1) is 0 Å². The Balaban J connectivity index is 2.45. The van der Waals surface area contributed by atoms with Crippen LogP contribution < -0.4 is 11.2 Å². The van der Waals surface area contributed by atoms with Crippen molar-refractivity contribution in [2.24, 2.45) is 7.05 Å². The van der Waals surface area contributed by atoms with Crippen molar-refractivity contribution in [2.45, 2.75) is 18.9 Å². The number of aromatic nitrogens is 2. The molecule has 0 spiro atoms. The highest BCUT2D eigenvalue weighted by Crippen LogP contribution is 2.25. The zero-order valence-electron chi connectivity index (χ0n) is 7.95. The Bertz CT molecular complexity index is 409. The average molecular weight is 196 g/mol. The summed E-state index contributed by atoms with van der Waals surface area (Å²) in [4.78, 5) is 25.2. The van der Waals surface area contributed by atoms with Crippen molar-refractivity contribution in [1.29, 1.82) is 0 Å². The van der Waals surface area contributed by atoms with Gasteiger partial charge in [0.15, 0.2) is 0 Å². The Morgan fingerprint density at radius 2 is 2.36 bits per heavy atom. The quantitative estimate of drug-likeness (QED) is 0.683. The van der Waals surface area contributed by atoms with Gasteiger partial charge >= 0.3 is 5.69 Å². The molecule has 14 heavy (non-hydrogen) atoms. The fraction of sp³-hybridized carbons (Fsp3) is 0.556. The van der Waals surface area contributed by atoms with Gasteiger partial charge in [0.05, 0.1) is 11.8 Å². The molecule has 1 saturated heterocycles. The SMILES string of the molecule is Cn1c(=O)cc(C2CCCO2)[nH]c1=O. The molecule has 1 fully saturated rings. The van der Waals surface area contributed by atoms with Crippen LogP contribution in [-0.4, -0.2) is 16.2 Å². The van der Waals surface area contributed by atoms with E-state index in [1.54, 1.807) is 0 Å². The summed E-state index contributed by atoms with van der Waals surface area (Å²) in [5.41, 5.74) is -0.0853. The molecule has 1 aliphatic rings. The monoisotopic (exact) mass is 196 g/mol. The minimum Gasteiger partial charge on any atom is -0.372 e. The maximum absolute atomic E-state index is 11.3. The lowest BCUT2D eigenvalue weighted by atomic mass is 10.2. The summed E-state index contributed by atoms with van der Waals surface area (Å²) >= 11 is 0. The highest BCUT2D eigenvalue weighted by molar-refractivity contribution is 5.04. The van der Waals surface area contributed by atoms with E-state index >= 15 is 0 Å². The molecule has 1 N–H and O–H groups in total. The van der Waals surface area contributed by atoms with Crippen LogP contribution in [0.4, 0.5) is 0 Å². The second-order valence-electron chi connectivity index (χ2n) is 3.43. The third-order valence-corrected chi connectivity index (χ3v) is 2.44. The van der Waals surface area contributed by atoms with Crippen LogP contribution in [0.25, 0.3) is 0 Å². The van der Waals surface area contributed by atoms with Crippen LogP contribution in [0.5, 0.6) is 0 Å². The molecule has 1 unspecified atom stereocenters. The smallest absolute Gasteiger partial charge is 0.328 e. The molecule has 0 aliphatic carbocycles. The predicted octanol–water partition coefficient (Wildman–Crippen LogP) is -0.0749. The predicted molar refractivity (Wildman–Crippen MR) is 50.2 cm³/mol. The number of nitrogens with one attached hydrogen (secondary N) is 1. The highest BCUT2D eigenvalue weighted by Gasteiger charge is 2.19. The number of ether oxygens (including phenoxy) is 1. The van der Waals surface area contributed by atoms with E-state index in [2.05, 4.69) is 4.98 Å². The minimum absolute atomic E-state index is 0.114. The topological polar surface area (TPSA) is 64.1 Å². The number of rotatable bonds is 1. The van der Waals surface area contributed by atoms with E-state index in [-0.39, 0.29) is 17.4 Å². The molecule has 0 bridgehead atoms. The van der Waals surface area contributed by atoms with Crippen molar-refractivity contribution in [1.82, 2.24) is 9.55 Å². The molecule has 1 atom stereocenters. The van der Waals surface area contributed by atoms with Crippen molar-refractivity contribution in [3.8, 4) is 0 Å². The van der Waals surface area contributed by atoms with Gasteiger partial charge in [0.1, 0.15) is 0 Å². The van der Waals surface area contributed by atoms with Crippen molar-refractivity contribution < 1.29 is 4.74 Å².